The van der Waals surface area contributed by atoms with Gasteiger partial charge in [-0.05, 0) is 220 Å². The molecule has 128 heavy (non-hydrogen) atoms. The summed E-state index contributed by atoms with van der Waals surface area (Å²) < 4.78 is 0. The summed E-state index contributed by atoms with van der Waals surface area (Å²) in [5.74, 6) is -12.9. The quantitative estimate of drug-likeness (QED) is 0.0199. The van der Waals surface area contributed by atoms with E-state index in [0.717, 1.165) is 27.9 Å². The van der Waals surface area contributed by atoms with Gasteiger partial charge in [0, 0.05) is 31.1 Å². The molecule has 0 bridgehead atoms. The highest BCUT2D eigenvalue weighted by Crippen LogP contribution is 2.50. The van der Waals surface area contributed by atoms with E-state index >= 15 is 0 Å². The van der Waals surface area contributed by atoms with Gasteiger partial charge in [0.25, 0.3) is 0 Å². The fraction of sp³-hybridized carbons (Fsp3) is 0.709. The topological polar surface area (TPSA) is 474 Å². The third-order valence-corrected chi connectivity index (χ3v) is 24.8. The Kier molecular flexibility index (Phi) is 48.4. The SMILES string of the molecule is CC(C)=CC[C@@H]1C(=O)C(C(=O)C(C)C)=C(O)C1(O)C(O)CCC(C)C.CC(C)=CC[C@@H]1C(=O)C(C(=O)CC(C)C)=C(O)C1(O)C(O)CCC(C)C.CC(C)=CC[C@@H]1C(=O)C(C(=O)CCC(C)C)=C(O)C1(O)C(O)CCC(C)C.CCC(=O)C1=C(O)C(O)(C(O)CCC(C)C)[C@H](CC=C(C)C)C1=O.CCC(C)C(=O)C1=C(O)C(O)(C(O)CCC(C)C)[C@H](CC=C(C)C)C1=O. The van der Waals surface area contributed by atoms with E-state index in [1.54, 1.807) is 58.1 Å². The molecule has 0 aromatic carbocycles. The average molecular weight is 1800 g/mol. The number of Topliss-reactive ketones (excluding diaryl/α,β-unsaturated/α-hetero) is 10. The molecule has 0 fully saturated rings. The van der Waals surface area contributed by atoms with E-state index in [-0.39, 0.29) is 123 Å². The molecule has 0 aromatic heterocycles. The summed E-state index contributed by atoms with van der Waals surface area (Å²) in [6.45, 7) is 54.6. The highest BCUT2D eigenvalue weighted by Gasteiger charge is 2.63. The van der Waals surface area contributed by atoms with Crippen LogP contribution in [0.4, 0.5) is 0 Å². The predicted molar refractivity (Wildman–Crippen MR) is 499 cm³/mol. The lowest BCUT2D eigenvalue weighted by Gasteiger charge is -2.34. The largest absolute Gasteiger partial charge is 0.508 e. The molecule has 0 aromatic rings. The normalized spacial score (nSPS) is 24.9. The van der Waals surface area contributed by atoms with Crippen molar-refractivity contribution < 1.29 is 125 Å². The second kappa shape index (κ2) is 52.2. The molecule has 5 rings (SSSR count). The number of allylic oxidation sites excluding steroid dienone is 15. The van der Waals surface area contributed by atoms with Crippen LogP contribution in [-0.4, -0.2) is 193 Å². The van der Waals surface area contributed by atoms with Crippen molar-refractivity contribution in [3.8, 4) is 0 Å². The first-order chi connectivity index (χ1) is 58.8. The van der Waals surface area contributed by atoms with Crippen molar-refractivity contribution in [3.63, 3.8) is 0 Å². The van der Waals surface area contributed by atoms with Crippen LogP contribution in [0, 0.1) is 82.9 Å². The molecule has 15 N–H and O–H groups in total. The fourth-order valence-electron chi connectivity index (χ4n) is 16.2. The minimum atomic E-state index is -2.11. The van der Waals surface area contributed by atoms with Gasteiger partial charge in [0.1, 0.15) is 56.7 Å². The number of carbonyl (C=O) groups excluding carboxylic acids is 10. The Morgan fingerprint density at radius 1 is 0.289 bits per heavy atom. The summed E-state index contributed by atoms with van der Waals surface area (Å²) >= 11 is 0. The maximum absolute atomic E-state index is 12.9. The Hall–Kier alpha value is -7.30. The molecule has 25 heteroatoms. The Bertz CT molecular complexity index is 4150. The van der Waals surface area contributed by atoms with Crippen LogP contribution in [0.2, 0.25) is 0 Å². The van der Waals surface area contributed by atoms with Crippen LogP contribution in [0.3, 0.4) is 0 Å². The Labute approximate surface area is 764 Å². The lowest BCUT2D eigenvalue weighted by Crippen LogP contribution is -2.49. The first kappa shape index (κ1) is 119. The zero-order chi connectivity index (χ0) is 99.6. The zero-order valence-electron chi connectivity index (χ0n) is 82.8. The zero-order valence-corrected chi connectivity index (χ0v) is 82.8. The smallest absolute Gasteiger partial charge is 0.176 e. The molecule has 11 unspecified atom stereocenters. The van der Waals surface area contributed by atoms with Crippen molar-refractivity contribution in [2.45, 2.75) is 388 Å². The van der Waals surface area contributed by atoms with Crippen LogP contribution in [0.1, 0.15) is 329 Å². The van der Waals surface area contributed by atoms with Crippen LogP contribution in [0.15, 0.2) is 115 Å². The lowest BCUT2D eigenvalue weighted by molar-refractivity contribution is -0.136. The molecule has 0 aliphatic heterocycles. The van der Waals surface area contributed by atoms with E-state index in [4.69, 9.17) is 0 Å². The van der Waals surface area contributed by atoms with Crippen molar-refractivity contribution in [2.24, 2.45) is 82.9 Å². The lowest BCUT2D eigenvalue weighted by atomic mass is 9.79. The standard InChI is InChI=1S/C22H36O5.2C21H34O5.C20H32O5.C19H30O5/c1-13(2)7-10-16-20(25)19(17(23)11-8-14(3)4)21(26)22(16,27)18(24)12-9-15(5)6;1-12(2)7-9-15-19(24)18(16(22)11-14(5)6)20(25)21(15,26)17(23)10-8-13(3)4;1-7-14(6)18(23)17-19(24)15(10-8-12(2)3)21(26,20(17)25)16(22)11-9-13(4)5;1-11(2)7-9-14-18(23)16(17(22)13(5)6)19(24)20(14,25)15(21)10-8-12(3)4;1-6-14(20)16-17(22)13(9-7-11(2)3)19(24,18(16)23)15(21)10-8-12(4)5/h7,14-16,18,24,26-27H,8-12H2,1-6H3;7,13-15,17,23,25-26H,8-11H2,1-6H3;8,13-16,22,25-26H,7,9-11H2,1-6H3;7,12-15,21,24-25H,8-10H2,1-6H3;7,12-13,15,21,23-24H,6,8-10H2,1-5H3/t16-,18?,22?;15-,17?,21?;14?,15-,16?,21?;14-,15?,20?;13-,15?,19?/m11111/s1. The second-order valence-electron chi connectivity index (χ2n) is 40.7. The predicted octanol–water partition coefficient (Wildman–Crippen LogP) is 16.8. The second-order valence-corrected chi connectivity index (χ2v) is 40.7. The molecule has 16 atom stereocenters. The number of aliphatic hydroxyl groups is 15. The third kappa shape index (κ3) is 30.1. The summed E-state index contributed by atoms with van der Waals surface area (Å²) in [4.78, 5) is 126. The van der Waals surface area contributed by atoms with E-state index in [1.807, 2.05) is 173 Å². The van der Waals surface area contributed by atoms with E-state index < -0.39 is 187 Å². The van der Waals surface area contributed by atoms with Gasteiger partial charge in [0.2, 0.25) is 0 Å². The minimum absolute atomic E-state index is 0.0198. The molecule has 0 saturated carbocycles. The molecular weight excluding hydrogens is 1640 g/mol. The van der Waals surface area contributed by atoms with E-state index in [9.17, 15) is 125 Å². The van der Waals surface area contributed by atoms with Gasteiger partial charge >= 0.3 is 0 Å². The highest BCUT2D eigenvalue weighted by molar-refractivity contribution is 6.27. The van der Waals surface area contributed by atoms with Crippen molar-refractivity contribution in [1.82, 2.24) is 0 Å². The van der Waals surface area contributed by atoms with Crippen LogP contribution < -0.4 is 0 Å². The molecule has 5 aliphatic carbocycles. The van der Waals surface area contributed by atoms with Crippen molar-refractivity contribution in [1.29, 1.82) is 0 Å². The monoisotopic (exact) mass is 1800 g/mol. The van der Waals surface area contributed by atoms with Gasteiger partial charge in [-0.2, -0.15) is 0 Å². The van der Waals surface area contributed by atoms with Gasteiger partial charge < -0.3 is 76.6 Å². The van der Waals surface area contributed by atoms with Gasteiger partial charge in [-0.25, -0.2) is 0 Å². The minimum Gasteiger partial charge on any atom is -0.508 e. The average Bonchev–Trinajstić information content (AvgIpc) is 1.60. The number of ketones is 10. The van der Waals surface area contributed by atoms with Crippen molar-refractivity contribution in [3.05, 3.63) is 115 Å². The van der Waals surface area contributed by atoms with Crippen LogP contribution in [-0.2, 0) is 47.9 Å². The molecule has 0 saturated heterocycles. The molecule has 0 spiro atoms. The molecule has 0 radical (unpaired) electrons. The molecule has 25 nitrogen and oxygen atoms in total. The molecule has 5 aliphatic rings. The number of hydrogen-bond donors (Lipinski definition) is 15. The first-order valence-corrected chi connectivity index (χ1v) is 46.6. The maximum atomic E-state index is 12.9. The van der Waals surface area contributed by atoms with Crippen LogP contribution >= 0.6 is 0 Å². The Morgan fingerprint density at radius 2 is 0.492 bits per heavy atom. The van der Waals surface area contributed by atoms with Gasteiger partial charge in [-0.1, -0.05) is 190 Å². The summed E-state index contributed by atoms with van der Waals surface area (Å²) in [5, 5.41) is 162. The van der Waals surface area contributed by atoms with Gasteiger partial charge in [-0.15, -0.1) is 0 Å². The summed E-state index contributed by atoms with van der Waals surface area (Å²) in [6.07, 6.45) is 8.97. The Morgan fingerprint density at radius 3 is 0.688 bits per heavy atom. The molecule has 0 amide bonds. The van der Waals surface area contributed by atoms with Gasteiger partial charge in [-0.3, -0.25) is 47.9 Å². The molecule has 0 heterocycles. The number of rotatable bonds is 44. The van der Waals surface area contributed by atoms with E-state index in [1.165, 1.54) is 0 Å². The van der Waals surface area contributed by atoms with Crippen LogP contribution in [0.25, 0.3) is 0 Å². The number of aliphatic hydroxyl groups excluding tert-OH is 10. The van der Waals surface area contributed by atoms with E-state index in [2.05, 4.69) is 0 Å². The van der Waals surface area contributed by atoms with Crippen molar-refractivity contribution >= 4 is 57.8 Å². The molecule has 728 valence electrons. The van der Waals surface area contributed by atoms with Crippen LogP contribution in [0.5, 0.6) is 0 Å². The third-order valence-electron chi connectivity index (χ3n) is 24.8. The Balaban J connectivity index is 0.000000800. The fourth-order valence-corrected chi connectivity index (χ4v) is 16.2. The van der Waals surface area contributed by atoms with Gasteiger partial charge in [0.15, 0.2) is 85.8 Å². The number of carbonyl (C=O) groups is 10. The highest BCUT2D eigenvalue weighted by atomic mass is 16.4. The van der Waals surface area contributed by atoms with E-state index in [0.29, 0.717) is 74.5 Å². The van der Waals surface area contributed by atoms with Crippen molar-refractivity contribution in [2.75, 3.05) is 0 Å². The number of hydrogen-bond acceptors (Lipinski definition) is 25. The summed E-state index contributed by atoms with van der Waals surface area (Å²) in [6, 6.07) is 0. The maximum Gasteiger partial charge on any atom is 0.176 e. The summed E-state index contributed by atoms with van der Waals surface area (Å²) in [5.41, 5.74) is -7.47. The molecular formula is C103H166O25. The summed E-state index contributed by atoms with van der Waals surface area (Å²) in [7, 11) is 0. The first-order valence-electron chi connectivity index (χ1n) is 46.6. The van der Waals surface area contributed by atoms with Gasteiger partial charge in [0.05, 0.1) is 60.1 Å².